The van der Waals surface area contributed by atoms with Gasteiger partial charge in [0.05, 0.1) is 0 Å². The average Bonchev–Trinajstić information content (AvgIpc) is 2.23. The van der Waals surface area contributed by atoms with Gasteiger partial charge in [0.25, 0.3) is 0 Å². The predicted octanol–water partition coefficient (Wildman–Crippen LogP) is 4.71. The summed E-state index contributed by atoms with van der Waals surface area (Å²) < 4.78 is 26.7. The standard InChI is InChI=1S/C13H17BrF2/c1-3-9(2)7-10(14)8-11-12(15)5-4-6-13(11)16/h4-6,9-10H,3,7-8H2,1-2H3. The summed E-state index contributed by atoms with van der Waals surface area (Å²) in [6.07, 6.45) is 2.43. The van der Waals surface area contributed by atoms with Crippen LogP contribution in [0.1, 0.15) is 32.3 Å². The zero-order chi connectivity index (χ0) is 12.1. The summed E-state index contributed by atoms with van der Waals surface area (Å²) in [5, 5.41) is 0. The van der Waals surface area contributed by atoms with Crippen molar-refractivity contribution in [3.05, 3.63) is 35.4 Å². The van der Waals surface area contributed by atoms with Crippen molar-refractivity contribution in [2.75, 3.05) is 0 Å². The van der Waals surface area contributed by atoms with Crippen LogP contribution in [-0.4, -0.2) is 4.83 Å². The summed E-state index contributed by atoms with van der Waals surface area (Å²) >= 11 is 3.49. The van der Waals surface area contributed by atoms with E-state index in [9.17, 15) is 8.78 Å². The molecule has 0 nitrogen and oxygen atoms in total. The quantitative estimate of drug-likeness (QED) is 0.689. The van der Waals surface area contributed by atoms with Crippen LogP contribution in [0.15, 0.2) is 18.2 Å². The second-order valence-electron chi connectivity index (χ2n) is 4.25. The largest absolute Gasteiger partial charge is 0.207 e. The molecule has 0 heterocycles. The van der Waals surface area contributed by atoms with Gasteiger partial charge in [0.2, 0.25) is 0 Å². The van der Waals surface area contributed by atoms with E-state index in [4.69, 9.17) is 0 Å². The molecule has 0 N–H and O–H groups in total. The normalized spacial score (nSPS) is 14.8. The second-order valence-corrected chi connectivity index (χ2v) is 5.55. The molecular weight excluding hydrogens is 274 g/mol. The maximum absolute atomic E-state index is 13.4. The third kappa shape index (κ3) is 3.85. The third-order valence-electron chi connectivity index (χ3n) is 2.84. The van der Waals surface area contributed by atoms with Crippen LogP contribution in [0, 0.1) is 17.6 Å². The Labute approximate surface area is 104 Å². The molecule has 1 rings (SSSR count). The second kappa shape index (κ2) is 6.33. The Bertz CT molecular complexity index is 318. The molecule has 2 atom stereocenters. The molecule has 3 heteroatoms. The van der Waals surface area contributed by atoms with Crippen molar-refractivity contribution in [1.82, 2.24) is 0 Å². The molecule has 1 aromatic rings. The first-order chi connectivity index (χ1) is 7.54. The number of hydrogen-bond acceptors (Lipinski definition) is 0. The molecule has 0 aromatic heterocycles. The monoisotopic (exact) mass is 290 g/mol. The van der Waals surface area contributed by atoms with E-state index in [1.54, 1.807) is 0 Å². The van der Waals surface area contributed by atoms with Crippen molar-refractivity contribution in [2.24, 2.45) is 5.92 Å². The lowest BCUT2D eigenvalue weighted by molar-refractivity contribution is 0.493. The van der Waals surface area contributed by atoms with Crippen LogP contribution >= 0.6 is 15.9 Å². The number of benzene rings is 1. The minimum atomic E-state index is -0.450. The maximum atomic E-state index is 13.4. The SMILES string of the molecule is CCC(C)CC(Br)Cc1c(F)cccc1F. The van der Waals surface area contributed by atoms with Gasteiger partial charge in [-0.05, 0) is 30.9 Å². The molecule has 0 bridgehead atoms. The Morgan fingerprint density at radius 2 is 1.81 bits per heavy atom. The van der Waals surface area contributed by atoms with E-state index >= 15 is 0 Å². The number of rotatable bonds is 5. The Balaban J connectivity index is 2.66. The van der Waals surface area contributed by atoms with Crippen molar-refractivity contribution in [2.45, 2.75) is 37.9 Å². The molecule has 0 saturated heterocycles. The van der Waals surface area contributed by atoms with Gasteiger partial charge in [0.1, 0.15) is 11.6 Å². The van der Waals surface area contributed by atoms with Gasteiger partial charge in [0, 0.05) is 10.4 Å². The van der Waals surface area contributed by atoms with Gasteiger partial charge in [-0.25, -0.2) is 8.78 Å². The lowest BCUT2D eigenvalue weighted by Gasteiger charge is -2.15. The molecule has 16 heavy (non-hydrogen) atoms. The zero-order valence-electron chi connectivity index (χ0n) is 9.64. The summed E-state index contributed by atoms with van der Waals surface area (Å²) in [6.45, 7) is 4.26. The Kier molecular flexibility index (Phi) is 5.39. The fourth-order valence-corrected chi connectivity index (χ4v) is 2.60. The van der Waals surface area contributed by atoms with Gasteiger partial charge in [-0.15, -0.1) is 0 Å². The summed E-state index contributed by atoms with van der Waals surface area (Å²) in [7, 11) is 0. The summed E-state index contributed by atoms with van der Waals surface area (Å²) in [4.78, 5) is 0.133. The van der Waals surface area contributed by atoms with E-state index in [0.29, 0.717) is 12.3 Å². The highest BCUT2D eigenvalue weighted by atomic mass is 79.9. The van der Waals surface area contributed by atoms with Crippen molar-refractivity contribution in [3.8, 4) is 0 Å². The van der Waals surface area contributed by atoms with Crippen LogP contribution in [0.25, 0.3) is 0 Å². The van der Waals surface area contributed by atoms with Gasteiger partial charge in [-0.3, -0.25) is 0 Å². The minimum Gasteiger partial charge on any atom is -0.207 e. The van der Waals surface area contributed by atoms with E-state index in [-0.39, 0.29) is 10.4 Å². The van der Waals surface area contributed by atoms with Crippen LogP contribution < -0.4 is 0 Å². The van der Waals surface area contributed by atoms with Crippen molar-refractivity contribution in [3.63, 3.8) is 0 Å². The third-order valence-corrected chi connectivity index (χ3v) is 3.54. The van der Waals surface area contributed by atoms with Crippen LogP contribution in [-0.2, 0) is 6.42 Å². The van der Waals surface area contributed by atoms with Gasteiger partial charge >= 0.3 is 0 Å². The summed E-state index contributed by atoms with van der Waals surface area (Å²) in [5.74, 6) is -0.332. The van der Waals surface area contributed by atoms with Crippen molar-refractivity contribution < 1.29 is 8.78 Å². The fourth-order valence-electron chi connectivity index (χ4n) is 1.64. The van der Waals surface area contributed by atoms with Crippen LogP contribution in [0.4, 0.5) is 8.78 Å². The molecule has 0 spiro atoms. The summed E-state index contributed by atoms with van der Waals surface area (Å²) in [6, 6.07) is 4.01. The first-order valence-corrected chi connectivity index (χ1v) is 6.53. The Morgan fingerprint density at radius 3 is 2.31 bits per heavy atom. The number of hydrogen-bond donors (Lipinski definition) is 0. The maximum Gasteiger partial charge on any atom is 0.129 e. The molecule has 0 aliphatic carbocycles. The Hall–Kier alpha value is -0.440. The van der Waals surface area contributed by atoms with Crippen molar-refractivity contribution >= 4 is 15.9 Å². The van der Waals surface area contributed by atoms with Gasteiger partial charge < -0.3 is 0 Å². The molecule has 0 saturated carbocycles. The molecule has 0 amide bonds. The van der Waals surface area contributed by atoms with E-state index in [1.807, 2.05) is 0 Å². The van der Waals surface area contributed by atoms with Crippen LogP contribution in [0.5, 0.6) is 0 Å². The zero-order valence-corrected chi connectivity index (χ0v) is 11.2. The molecule has 1 aromatic carbocycles. The fraction of sp³-hybridized carbons (Fsp3) is 0.538. The smallest absolute Gasteiger partial charge is 0.129 e. The highest BCUT2D eigenvalue weighted by molar-refractivity contribution is 9.09. The van der Waals surface area contributed by atoms with Crippen LogP contribution in [0.2, 0.25) is 0 Å². The molecule has 2 unspecified atom stereocenters. The van der Waals surface area contributed by atoms with E-state index in [1.165, 1.54) is 18.2 Å². The first-order valence-electron chi connectivity index (χ1n) is 5.61. The molecule has 0 aliphatic rings. The van der Waals surface area contributed by atoms with Crippen molar-refractivity contribution in [1.29, 1.82) is 0 Å². The minimum absolute atomic E-state index is 0.133. The van der Waals surface area contributed by atoms with E-state index < -0.39 is 11.6 Å². The molecule has 0 radical (unpaired) electrons. The van der Waals surface area contributed by atoms with E-state index in [0.717, 1.165) is 12.8 Å². The molecule has 0 aliphatic heterocycles. The molecular formula is C13H17BrF2. The predicted molar refractivity (Wildman–Crippen MR) is 66.8 cm³/mol. The lowest BCUT2D eigenvalue weighted by atomic mass is 9.98. The Morgan fingerprint density at radius 1 is 1.25 bits per heavy atom. The number of alkyl halides is 1. The average molecular weight is 291 g/mol. The van der Waals surface area contributed by atoms with Gasteiger partial charge in [0.15, 0.2) is 0 Å². The summed E-state index contributed by atoms with van der Waals surface area (Å²) in [5.41, 5.74) is 0.188. The highest BCUT2D eigenvalue weighted by Crippen LogP contribution is 2.22. The van der Waals surface area contributed by atoms with E-state index in [2.05, 4.69) is 29.8 Å². The topological polar surface area (TPSA) is 0 Å². The van der Waals surface area contributed by atoms with Gasteiger partial charge in [-0.1, -0.05) is 42.3 Å². The molecule has 90 valence electrons. The highest BCUT2D eigenvalue weighted by Gasteiger charge is 2.15. The van der Waals surface area contributed by atoms with Crippen LogP contribution in [0.3, 0.4) is 0 Å². The first kappa shape index (κ1) is 13.6. The van der Waals surface area contributed by atoms with Gasteiger partial charge in [-0.2, -0.15) is 0 Å². The lowest BCUT2D eigenvalue weighted by Crippen LogP contribution is -2.10. The molecule has 0 fully saturated rings. The number of halogens is 3.